The van der Waals surface area contributed by atoms with Crippen molar-refractivity contribution in [1.82, 2.24) is 0 Å². The first-order chi connectivity index (χ1) is 14.4. The first-order valence-electron chi connectivity index (χ1n) is 9.82. The summed E-state index contributed by atoms with van der Waals surface area (Å²) in [6, 6.07) is 11.3. The molecule has 2 aromatic rings. The van der Waals surface area contributed by atoms with Gasteiger partial charge in [0.15, 0.2) is 11.5 Å². The highest BCUT2D eigenvalue weighted by atomic mass is 16.7. The molecule has 160 valence electrons. The number of rotatable bonds is 7. The molecule has 7 heteroatoms. The lowest BCUT2D eigenvalue weighted by Gasteiger charge is -2.33. The van der Waals surface area contributed by atoms with E-state index in [1.165, 1.54) is 7.11 Å². The Bertz CT molecular complexity index is 920. The number of carbonyl (C=O) groups is 1. The van der Waals surface area contributed by atoms with Gasteiger partial charge in [-0.25, -0.2) is 0 Å². The molecule has 0 fully saturated rings. The molecule has 0 saturated carbocycles. The Morgan fingerprint density at radius 3 is 2.50 bits per heavy atom. The van der Waals surface area contributed by atoms with Crippen molar-refractivity contribution in [2.75, 3.05) is 27.6 Å². The van der Waals surface area contributed by atoms with Crippen LogP contribution in [0.15, 0.2) is 36.4 Å². The molecule has 4 rings (SSSR count). The van der Waals surface area contributed by atoms with Crippen molar-refractivity contribution >= 4 is 5.97 Å². The van der Waals surface area contributed by atoms with Crippen molar-refractivity contribution in [3.05, 3.63) is 47.5 Å². The highest BCUT2D eigenvalue weighted by molar-refractivity contribution is 5.83. The van der Waals surface area contributed by atoms with Gasteiger partial charge in [0.25, 0.3) is 0 Å². The van der Waals surface area contributed by atoms with E-state index in [1.54, 1.807) is 13.2 Å². The Morgan fingerprint density at radius 2 is 1.80 bits per heavy atom. The topological polar surface area (TPSA) is 72.5 Å². The molecule has 2 heterocycles. The molecule has 30 heavy (non-hydrogen) atoms. The molecule has 0 aromatic heterocycles. The molecule has 7 nitrogen and oxygen atoms in total. The minimum atomic E-state index is -0.624. The third-order valence-corrected chi connectivity index (χ3v) is 5.53. The predicted octanol–water partition coefficient (Wildman–Crippen LogP) is 3.68. The Hall–Kier alpha value is -2.93. The minimum Gasteiger partial charge on any atom is -0.497 e. The van der Waals surface area contributed by atoms with Crippen molar-refractivity contribution in [1.29, 1.82) is 0 Å². The molecule has 0 amide bonds. The van der Waals surface area contributed by atoms with E-state index < -0.39 is 17.4 Å². The van der Waals surface area contributed by atoms with Gasteiger partial charge in [-0.05, 0) is 29.8 Å². The van der Waals surface area contributed by atoms with Crippen LogP contribution in [0.4, 0.5) is 0 Å². The zero-order chi connectivity index (χ0) is 21.3. The van der Waals surface area contributed by atoms with E-state index in [2.05, 4.69) is 0 Å². The fourth-order valence-corrected chi connectivity index (χ4v) is 3.94. The van der Waals surface area contributed by atoms with Gasteiger partial charge in [0.1, 0.15) is 23.5 Å². The lowest BCUT2D eigenvalue weighted by molar-refractivity contribution is -0.146. The van der Waals surface area contributed by atoms with Crippen LogP contribution in [0.2, 0.25) is 0 Å². The Morgan fingerprint density at radius 1 is 1.07 bits per heavy atom. The van der Waals surface area contributed by atoms with Gasteiger partial charge >= 0.3 is 5.97 Å². The molecule has 0 N–H and O–H groups in total. The van der Waals surface area contributed by atoms with Crippen LogP contribution in [-0.4, -0.2) is 39.7 Å². The van der Waals surface area contributed by atoms with Gasteiger partial charge in [0.05, 0.1) is 33.0 Å². The molecule has 0 spiro atoms. The number of ether oxygens (including phenoxy) is 6. The van der Waals surface area contributed by atoms with E-state index in [4.69, 9.17) is 28.4 Å². The number of hydrogen-bond acceptors (Lipinski definition) is 7. The SMILES string of the molecule is COC(=O)[C@@H]1c2c(ccc3c2OCO3)O[C@H]1C(C)(C)COCc1ccc(OC)cc1. The van der Waals surface area contributed by atoms with E-state index in [9.17, 15) is 4.79 Å². The first kappa shape index (κ1) is 20.3. The quantitative estimate of drug-likeness (QED) is 0.640. The van der Waals surface area contributed by atoms with E-state index in [0.29, 0.717) is 36.0 Å². The van der Waals surface area contributed by atoms with Gasteiger partial charge < -0.3 is 28.4 Å². The van der Waals surface area contributed by atoms with Crippen LogP contribution in [0.5, 0.6) is 23.0 Å². The van der Waals surface area contributed by atoms with Gasteiger partial charge in [-0.15, -0.1) is 0 Å². The van der Waals surface area contributed by atoms with E-state index in [1.807, 2.05) is 44.2 Å². The van der Waals surface area contributed by atoms with Gasteiger partial charge in [0, 0.05) is 5.41 Å². The average molecular weight is 414 g/mol. The van der Waals surface area contributed by atoms with Crippen LogP contribution in [0, 0.1) is 5.41 Å². The summed E-state index contributed by atoms with van der Waals surface area (Å²) in [6.45, 7) is 5.00. The van der Waals surface area contributed by atoms with Gasteiger partial charge in [-0.3, -0.25) is 4.79 Å². The average Bonchev–Trinajstić information content (AvgIpc) is 3.38. The van der Waals surface area contributed by atoms with E-state index in [-0.39, 0.29) is 12.8 Å². The normalized spacial score (nSPS) is 19.2. The number of esters is 1. The molecular weight excluding hydrogens is 388 g/mol. The summed E-state index contributed by atoms with van der Waals surface area (Å²) < 4.78 is 33.6. The highest BCUT2D eigenvalue weighted by Gasteiger charge is 2.51. The first-order valence-corrected chi connectivity index (χ1v) is 9.82. The van der Waals surface area contributed by atoms with Crippen molar-refractivity contribution in [3.63, 3.8) is 0 Å². The third kappa shape index (κ3) is 3.65. The molecule has 2 aliphatic heterocycles. The Kier molecular flexibility index (Phi) is 5.47. The summed E-state index contributed by atoms with van der Waals surface area (Å²) in [7, 11) is 3.02. The Labute approximate surface area is 175 Å². The summed E-state index contributed by atoms with van der Waals surface area (Å²) in [4.78, 5) is 12.7. The standard InChI is InChI=1S/C23H26O7/c1-23(2,12-27-11-14-5-7-15(25-3)8-6-14)21-19(22(24)26-4)18-16(30-21)9-10-17-20(18)29-13-28-17/h5-10,19,21H,11-13H2,1-4H3/t19-,21-/m1/s1. The lowest BCUT2D eigenvalue weighted by Crippen LogP contribution is -2.42. The summed E-state index contributed by atoms with van der Waals surface area (Å²) in [6.07, 6.45) is -0.466. The second-order valence-corrected chi connectivity index (χ2v) is 8.08. The van der Waals surface area contributed by atoms with Crippen LogP contribution >= 0.6 is 0 Å². The molecular formula is C23H26O7. The molecule has 2 atom stereocenters. The zero-order valence-electron chi connectivity index (χ0n) is 17.6. The smallest absolute Gasteiger partial charge is 0.317 e. The fraction of sp³-hybridized carbons (Fsp3) is 0.435. The second kappa shape index (κ2) is 8.07. The lowest BCUT2D eigenvalue weighted by atomic mass is 9.78. The molecule has 2 aliphatic rings. The number of methoxy groups -OCH3 is 2. The van der Waals surface area contributed by atoms with Crippen molar-refractivity contribution in [3.8, 4) is 23.0 Å². The fourth-order valence-electron chi connectivity index (χ4n) is 3.94. The van der Waals surface area contributed by atoms with Gasteiger partial charge in [-0.1, -0.05) is 26.0 Å². The van der Waals surface area contributed by atoms with E-state index in [0.717, 1.165) is 11.3 Å². The predicted molar refractivity (Wildman–Crippen MR) is 108 cm³/mol. The summed E-state index contributed by atoms with van der Waals surface area (Å²) >= 11 is 0. The molecule has 0 radical (unpaired) electrons. The zero-order valence-corrected chi connectivity index (χ0v) is 17.6. The maximum absolute atomic E-state index is 12.7. The highest BCUT2D eigenvalue weighted by Crippen LogP contribution is 2.53. The number of hydrogen-bond donors (Lipinski definition) is 0. The summed E-state index contributed by atoms with van der Waals surface area (Å²) in [5.74, 6) is 1.59. The molecule has 2 aromatic carbocycles. The van der Waals surface area contributed by atoms with Gasteiger partial charge in [0.2, 0.25) is 6.79 Å². The van der Waals surface area contributed by atoms with Crippen molar-refractivity contribution in [2.45, 2.75) is 32.5 Å². The molecule has 0 saturated heterocycles. The largest absolute Gasteiger partial charge is 0.497 e. The summed E-state index contributed by atoms with van der Waals surface area (Å²) in [5.41, 5.74) is 1.25. The number of benzene rings is 2. The number of carbonyl (C=O) groups excluding carboxylic acids is 1. The van der Waals surface area contributed by atoms with Crippen LogP contribution in [0.1, 0.15) is 30.9 Å². The van der Waals surface area contributed by atoms with Gasteiger partial charge in [-0.2, -0.15) is 0 Å². The number of fused-ring (bicyclic) bond motifs is 3. The molecule has 0 unspecified atom stereocenters. The maximum Gasteiger partial charge on any atom is 0.317 e. The monoisotopic (exact) mass is 414 g/mol. The van der Waals surface area contributed by atoms with E-state index >= 15 is 0 Å². The van der Waals surface area contributed by atoms with Crippen molar-refractivity contribution in [2.24, 2.45) is 5.41 Å². The van der Waals surface area contributed by atoms with Crippen LogP contribution in [-0.2, 0) is 20.9 Å². The van der Waals surface area contributed by atoms with Crippen LogP contribution in [0.25, 0.3) is 0 Å². The third-order valence-electron chi connectivity index (χ3n) is 5.53. The Balaban J connectivity index is 1.51. The second-order valence-electron chi connectivity index (χ2n) is 8.08. The maximum atomic E-state index is 12.7. The van der Waals surface area contributed by atoms with Crippen LogP contribution < -0.4 is 18.9 Å². The summed E-state index contributed by atoms with van der Waals surface area (Å²) in [5, 5.41) is 0. The molecule has 0 bridgehead atoms. The molecule has 0 aliphatic carbocycles. The van der Waals surface area contributed by atoms with Crippen molar-refractivity contribution < 1.29 is 33.2 Å². The van der Waals surface area contributed by atoms with Crippen LogP contribution in [0.3, 0.4) is 0 Å². The minimum absolute atomic E-state index is 0.124.